The molecule has 0 unspecified atom stereocenters. The van der Waals surface area contributed by atoms with Crippen molar-refractivity contribution in [2.24, 2.45) is 5.92 Å². The number of carbonyl (C=O) groups is 4. The number of ether oxygens (including phenoxy) is 4. The molecule has 4 aliphatic rings. The van der Waals surface area contributed by atoms with Gasteiger partial charge in [-0.3, -0.25) is 19.3 Å². The third-order valence-electron chi connectivity index (χ3n) is 12.0. The Labute approximate surface area is 361 Å². The molecule has 4 aromatic rings. The highest BCUT2D eigenvalue weighted by Gasteiger charge is 2.75. The van der Waals surface area contributed by atoms with Crippen molar-refractivity contribution < 1.29 is 43.2 Å². The summed E-state index contributed by atoms with van der Waals surface area (Å²) in [4.78, 5) is 63.8. The molecule has 318 valence electrons. The van der Waals surface area contributed by atoms with Gasteiger partial charge in [-0.15, -0.1) is 6.58 Å². The predicted octanol–water partition coefficient (Wildman–Crippen LogP) is 6.66. The number of hydrogen-bond donors (Lipinski definition) is 2. The molecular formula is C50H49N3O9. The number of nitrogens with zero attached hydrogens (tertiary/aromatic N) is 2. The number of esters is 1. The second-order valence-corrected chi connectivity index (χ2v) is 15.6. The summed E-state index contributed by atoms with van der Waals surface area (Å²) in [6.07, 6.45) is 5.73. The maximum Gasteiger partial charge on any atom is 0.421 e. The van der Waals surface area contributed by atoms with Gasteiger partial charge in [0, 0.05) is 19.2 Å². The number of nitrogens with one attached hydrogen (secondary N) is 1. The van der Waals surface area contributed by atoms with Crippen molar-refractivity contribution >= 4 is 29.6 Å². The minimum Gasteiger partial charge on any atom is -0.491 e. The summed E-state index contributed by atoms with van der Waals surface area (Å²) in [6, 6.07) is 27.9. The standard InChI is InChI=1S/C50H49N3O9/c1-3-26-51-46(55)41-43-47(56)62-44(36-18-11-6-12-19-36)42(35-16-9-5-10-17-35)53(43)45(37-20-13-21-38(32-37)60-28-27-54)50(41)39-31-34(23-22-33-14-7-4-8-15-33)24-25-40(39)52(48(50)57)49(58)61-30-29-59-2/h3,5-6,9-14,16-21,24-25,31-32,41-45,54H,1,4,7-8,15,26-30H2,2H3,(H,51,55)/t41-,42-,43-,44+,45+,50-/m0/s1. The fraction of sp³-hybridized carbons (Fsp3) is 0.320. The summed E-state index contributed by atoms with van der Waals surface area (Å²) >= 11 is 0. The largest absolute Gasteiger partial charge is 0.491 e. The summed E-state index contributed by atoms with van der Waals surface area (Å²) in [5.41, 5.74) is 2.09. The van der Waals surface area contributed by atoms with Gasteiger partial charge in [0.25, 0.3) is 0 Å². The zero-order valence-electron chi connectivity index (χ0n) is 34.5. The second kappa shape index (κ2) is 18.6. The highest BCUT2D eigenvalue weighted by atomic mass is 16.6. The van der Waals surface area contributed by atoms with Crippen LogP contribution in [0.4, 0.5) is 10.5 Å². The van der Waals surface area contributed by atoms with Crippen molar-refractivity contribution in [3.8, 4) is 17.6 Å². The number of amides is 3. The predicted molar refractivity (Wildman–Crippen MR) is 231 cm³/mol. The quantitative estimate of drug-likeness (QED) is 0.0689. The SMILES string of the molecule is C=CCNC(=O)[C@@H]1[C@H]2C(=O)O[C@H](c3ccccc3)[C@H](c3ccccc3)N2[C@H](c2cccc(OCCO)c2)[C@@]12C(=O)N(C(=O)OCCOC)c1ccc(C#CC3=CCCCC3)cc12. The van der Waals surface area contributed by atoms with E-state index in [1.807, 2.05) is 71.6 Å². The van der Waals surface area contributed by atoms with E-state index >= 15 is 14.4 Å². The van der Waals surface area contributed by atoms with E-state index in [1.165, 1.54) is 13.2 Å². The molecule has 4 aromatic carbocycles. The van der Waals surface area contributed by atoms with Crippen molar-refractivity contribution in [1.29, 1.82) is 0 Å². The van der Waals surface area contributed by atoms with E-state index in [4.69, 9.17) is 18.9 Å². The molecule has 1 spiro atoms. The fourth-order valence-corrected chi connectivity index (χ4v) is 9.57. The van der Waals surface area contributed by atoms with E-state index in [-0.39, 0.29) is 38.7 Å². The molecule has 0 radical (unpaired) electrons. The molecule has 3 heterocycles. The first-order valence-corrected chi connectivity index (χ1v) is 21.0. The zero-order valence-corrected chi connectivity index (χ0v) is 34.5. The molecule has 6 atom stereocenters. The second-order valence-electron chi connectivity index (χ2n) is 15.6. The monoisotopic (exact) mass is 835 g/mol. The maximum absolute atomic E-state index is 16.2. The lowest BCUT2D eigenvalue weighted by Crippen LogP contribution is -2.55. The van der Waals surface area contributed by atoms with Crippen molar-refractivity contribution in [3.05, 3.63) is 155 Å². The number of hydrogen-bond acceptors (Lipinski definition) is 10. The average molecular weight is 836 g/mol. The van der Waals surface area contributed by atoms with E-state index in [2.05, 4.69) is 29.8 Å². The molecule has 1 aliphatic carbocycles. The Kier molecular flexibility index (Phi) is 12.7. The van der Waals surface area contributed by atoms with Gasteiger partial charge >= 0.3 is 12.1 Å². The van der Waals surface area contributed by atoms with Crippen LogP contribution in [0.2, 0.25) is 0 Å². The van der Waals surface area contributed by atoms with E-state index in [0.29, 0.717) is 28.0 Å². The van der Waals surface area contributed by atoms with Gasteiger partial charge in [-0.1, -0.05) is 96.8 Å². The first-order chi connectivity index (χ1) is 30.3. The summed E-state index contributed by atoms with van der Waals surface area (Å²) in [5.74, 6) is 3.46. The van der Waals surface area contributed by atoms with Crippen molar-refractivity contribution in [1.82, 2.24) is 10.2 Å². The lowest BCUT2D eigenvalue weighted by Gasteiger charge is -2.46. The summed E-state index contributed by atoms with van der Waals surface area (Å²) in [6.45, 7) is 3.52. The highest BCUT2D eigenvalue weighted by Crippen LogP contribution is 2.66. The Morgan fingerprint density at radius 1 is 0.903 bits per heavy atom. The number of methoxy groups -OCH3 is 1. The number of aliphatic hydroxyl groups is 1. The van der Waals surface area contributed by atoms with Gasteiger partial charge < -0.3 is 29.4 Å². The highest BCUT2D eigenvalue weighted by molar-refractivity contribution is 6.23. The van der Waals surface area contributed by atoms with Crippen molar-refractivity contribution in [2.75, 3.05) is 45.0 Å². The number of imide groups is 1. The molecule has 0 bridgehead atoms. The molecule has 12 nitrogen and oxygen atoms in total. The average Bonchev–Trinajstić information content (AvgIpc) is 3.76. The van der Waals surface area contributed by atoms with E-state index in [0.717, 1.165) is 41.7 Å². The maximum atomic E-state index is 16.2. The van der Waals surface area contributed by atoms with Crippen LogP contribution in [0.5, 0.6) is 5.75 Å². The van der Waals surface area contributed by atoms with Crippen LogP contribution < -0.4 is 15.0 Å². The van der Waals surface area contributed by atoms with Crippen LogP contribution in [0, 0.1) is 17.8 Å². The van der Waals surface area contributed by atoms with Gasteiger partial charge in [0.05, 0.1) is 36.9 Å². The molecule has 8 rings (SSSR count). The number of allylic oxidation sites excluding steroid dienone is 2. The minimum atomic E-state index is -1.99. The third kappa shape index (κ3) is 7.68. The lowest BCUT2D eigenvalue weighted by atomic mass is 9.65. The number of aliphatic hydroxyl groups excluding tert-OH is 1. The Hall–Kier alpha value is -6.52. The van der Waals surface area contributed by atoms with Gasteiger partial charge in [0.15, 0.2) is 0 Å². The molecule has 2 N–H and O–H groups in total. The Morgan fingerprint density at radius 2 is 1.66 bits per heavy atom. The third-order valence-corrected chi connectivity index (χ3v) is 12.0. The van der Waals surface area contributed by atoms with E-state index < -0.39 is 59.4 Å². The zero-order chi connectivity index (χ0) is 43.2. The number of anilines is 1. The normalized spacial score (nSPS) is 23.9. The number of carbonyl (C=O) groups excluding carboxylic acids is 4. The molecule has 62 heavy (non-hydrogen) atoms. The first-order valence-electron chi connectivity index (χ1n) is 21.0. The van der Waals surface area contributed by atoms with E-state index in [1.54, 1.807) is 36.4 Å². The lowest BCUT2D eigenvalue weighted by molar-refractivity contribution is -0.178. The van der Waals surface area contributed by atoms with Crippen LogP contribution in [0.3, 0.4) is 0 Å². The fourth-order valence-electron chi connectivity index (χ4n) is 9.57. The van der Waals surface area contributed by atoms with Gasteiger partial charge in [-0.05, 0) is 83.8 Å². The van der Waals surface area contributed by atoms with Gasteiger partial charge in [-0.25, -0.2) is 9.69 Å². The van der Waals surface area contributed by atoms with Crippen LogP contribution >= 0.6 is 0 Å². The number of morpholine rings is 1. The smallest absolute Gasteiger partial charge is 0.421 e. The molecule has 3 amide bonds. The summed E-state index contributed by atoms with van der Waals surface area (Å²) in [7, 11) is 1.47. The molecule has 2 saturated heterocycles. The van der Waals surface area contributed by atoms with Crippen LogP contribution in [-0.4, -0.2) is 80.0 Å². The number of cyclic esters (lactones) is 1. The van der Waals surface area contributed by atoms with Crippen LogP contribution in [0.25, 0.3) is 0 Å². The number of rotatable bonds is 12. The summed E-state index contributed by atoms with van der Waals surface area (Å²) < 4.78 is 23.3. The van der Waals surface area contributed by atoms with Gasteiger partial charge in [0.2, 0.25) is 11.8 Å². The Balaban J connectivity index is 1.45. The van der Waals surface area contributed by atoms with Crippen LogP contribution in [0.1, 0.15) is 71.7 Å². The minimum absolute atomic E-state index is 0.00540. The van der Waals surface area contributed by atoms with Gasteiger partial charge in [0.1, 0.15) is 36.5 Å². The molecule has 3 aliphatic heterocycles. The van der Waals surface area contributed by atoms with Crippen molar-refractivity contribution in [2.45, 2.75) is 55.3 Å². The topological polar surface area (TPSA) is 144 Å². The number of benzene rings is 4. The van der Waals surface area contributed by atoms with Crippen molar-refractivity contribution in [3.63, 3.8) is 0 Å². The van der Waals surface area contributed by atoms with Crippen LogP contribution in [0.15, 0.2) is 127 Å². The van der Waals surface area contributed by atoms with Crippen LogP contribution in [-0.2, 0) is 34.0 Å². The molecule has 2 fully saturated rings. The Bertz CT molecular complexity index is 2430. The first kappa shape index (κ1) is 42.2. The number of fused-ring (bicyclic) bond motifs is 3. The molecule has 0 aromatic heterocycles. The summed E-state index contributed by atoms with van der Waals surface area (Å²) in [5, 5.41) is 12.7. The molecule has 0 saturated carbocycles. The van der Waals surface area contributed by atoms with Gasteiger partial charge in [-0.2, -0.15) is 0 Å². The van der Waals surface area contributed by atoms with E-state index in [9.17, 15) is 9.90 Å². The molecule has 12 heteroatoms. The Morgan fingerprint density at radius 3 is 2.37 bits per heavy atom. The molecular weight excluding hydrogens is 787 g/mol.